The van der Waals surface area contributed by atoms with Crippen molar-refractivity contribution in [1.82, 2.24) is 24.7 Å². The van der Waals surface area contributed by atoms with Crippen molar-refractivity contribution in [3.8, 4) is 0 Å². The fourth-order valence-electron chi connectivity index (χ4n) is 4.93. The molecule has 4 aromatic rings. The number of hydrogen-bond acceptors (Lipinski definition) is 6. The zero-order chi connectivity index (χ0) is 33.6. The first kappa shape index (κ1) is 34.2. The van der Waals surface area contributed by atoms with Gasteiger partial charge in [-0.3, -0.25) is 19.0 Å². The van der Waals surface area contributed by atoms with Crippen LogP contribution in [0.1, 0.15) is 60.5 Å². The number of carbonyl (C=O) groups excluding carboxylic acids is 3. The lowest BCUT2D eigenvalue weighted by Gasteiger charge is -2.33. The smallest absolute Gasteiger partial charge is 0.407 e. The van der Waals surface area contributed by atoms with Crippen LogP contribution in [-0.4, -0.2) is 70.0 Å². The second kappa shape index (κ2) is 14.6. The average molecular weight is 646 g/mol. The number of aryl methyl sites for hydroxylation is 1. The molecule has 11 heteroatoms. The Hall–Kier alpha value is -4.70. The van der Waals surface area contributed by atoms with Crippen molar-refractivity contribution >= 4 is 40.4 Å². The lowest BCUT2D eigenvalue weighted by molar-refractivity contribution is -0.134. The molecule has 0 saturated heterocycles. The minimum atomic E-state index is -1.29. The van der Waals surface area contributed by atoms with Crippen molar-refractivity contribution in [1.29, 1.82) is 0 Å². The second-order valence-electron chi connectivity index (χ2n) is 12.3. The summed E-state index contributed by atoms with van der Waals surface area (Å²) >= 11 is 6.31. The highest BCUT2D eigenvalue weighted by Crippen LogP contribution is 2.27. The van der Waals surface area contributed by atoms with Gasteiger partial charge >= 0.3 is 6.09 Å². The number of rotatable bonds is 10. The first-order valence-electron chi connectivity index (χ1n) is 15.0. The van der Waals surface area contributed by atoms with Gasteiger partial charge in [0.05, 0.1) is 17.4 Å². The minimum Gasteiger partial charge on any atom is -0.444 e. The molecule has 4 rings (SSSR count). The number of carbonyl (C=O) groups is 3. The van der Waals surface area contributed by atoms with Crippen LogP contribution in [0.5, 0.6) is 0 Å². The first-order chi connectivity index (χ1) is 21.7. The van der Waals surface area contributed by atoms with E-state index in [1.54, 1.807) is 65.2 Å². The van der Waals surface area contributed by atoms with E-state index in [1.807, 2.05) is 49.4 Å². The maximum absolute atomic E-state index is 14.3. The van der Waals surface area contributed by atoms with E-state index in [-0.39, 0.29) is 37.4 Å². The standard InChI is InChI=1S/C35H40ClN5O5/c1-23-13-15-25(16-14-23)31(42)40(20-10-19-37-34(45)46-35(2,3)4)29(33(44)39(5)6)30-38-28-21-26(36)17-18-27(28)32(43)41(30)22-24-11-8-7-9-12-24/h7-9,11-18,21,29H,10,19-20,22H2,1-6H3,(H,37,45). The van der Waals surface area contributed by atoms with E-state index < -0.39 is 29.6 Å². The van der Waals surface area contributed by atoms with Crippen molar-refractivity contribution in [2.24, 2.45) is 0 Å². The molecule has 3 aromatic carbocycles. The summed E-state index contributed by atoms with van der Waals surface area (Å²) in [5, 5.41) is 3.42. The Morgan fingerprint density at radius 2 is 1.67 bits per heavy atom. The summed E-state index contributed by atoms with van der Waals surface area (Å²) < 4.78 is 6.80. The molecule has 1 unspecified atom stereocenters. The maximum Gasteiger partial charge on any atom is 0.407 e. The highest BCUT2D eigenvalue weighted by molar-refractivity contribution is 6.31. The first-order valence-corrected chi connectivity index (χ1v) is 15.4. The van der Waals surface area contributed by atoms with Crippen LogP contribution < -0.4 is 10.9 Å². The van der Waals surface area contributed by atoms with E-state index in [2.05, 4.69) is 5.32 Å². The molecule has 0 bridgehead atoms. The van der Waals surface area contributed by atoms with Crippen molar-refractivity contribution in [2.75, 3.05) is 27.2 Å². The Morgan fingerprint density at radius 3 is 2.30 bits per heavy atom. The topological polar surface area (TPSA) is 114 Å². The highest BCUT2D eigenvalue weighted by atomic mass is 35.5. The molecule has 0 aliphatic carbocycles. The summed E-state index contributed by atoms with van der Waals surface area (Å²) in [5.41, 5.74) is 1.41. The molecule has 0 radical (unpaired) electrons. The van der Waals surface area contributed by atoms with Crippen LogP contribution in [-0.2, 0) is 16.1 Å². The minimum absolute atomic E-state index is 0.0571. The molecule has 0 saturated carbocycles. The Labute approximate surface area is 273 Å². The van der Waals surface area contributed by atoms with Gasteiger partial charge in [0, 0.05) is 37.8 Å². The largest absolute Gasteiger partial charge is 0.444 e. The number of benzene rings is 3. The lowest BCUT2D eigenvalue weighted by atomic mass is 10.1. The van der Waals surface area contributed by atoms with Crippen molar-refractivity contribution < 1.29 is 19.1 Å². The van der Waals surface area contributed by atoms with Gasteiger partial charge in [-0.15, -0.1) is 0 Å². The van der Waals surface area contributed by atoms with Gasteiger partial charge in [0.1, 0.15) is 11.4 Å². The van der Waals surface area contributed by atoms with Gasteiger partial charge < -0.3 is 19.9 Å². The number of alkyl carbamates (subject to hydrolysis) is 1. The summed E-state index contributed by atoms with van der Waals surface area (Å²) in [5.74, 6) is -0.775. The molecule has 1 aromatic heterocycles. The zero-order valence-corrected chi connectivity index (χ0v) is 27.8. The van der Waals surface area contributed by atoms with E-state index >= 15 is 0 Å². The van der Waals surface area contributed by atoms with Crippen LogP contribution in [0.15, 0.2) is 77.6 Å². The van der Waals surface area contributed by atoms with Gasteiger partial charge in [-0.25, -0.2) is 9.78 Å². The fraction of sp³-hybridized carbons (Fsp3) is 0.343. The van der Waals surface area contributed by atoms with Crippen LogP contribution in [0.2, 0.25) is 5.02 Å². The fourth-order valence-corrected chi connectivity index (χ4v) is 5.10. The Kier molecular flexibility index (Phi) is 10.8. The van der Waals surface area contributed by atoms with Crippen LogP contribution in [0.3, 0.4) is 0 Å². The monoisotopic (exact) mass is 645 g/mol. The molecule has 1 N–H and O–H groups in total. The Morgan fingerprint density at radius 1 is 1.00 bits per heavy atom. The summed E-state index contributed by atoms with van der Waals surface area (Å²) in [6, 6.07) is 19.9. The van der Waals surface area contributed by atoms with E-state index in [0.29, 0.717) is 21.5 Å². The zero-order valence-electron chi connectivity index (χ0n) is 27.0. The quantitative estimate of drug-likeness (QED) is 0.225. The Balaban J connectivity index is 1.86. The molecule has 0 spiro atoms. The van der Waals surface area contributed by atoms with Crippen LogP contribution >= 0.6 is 11.6 Å². The van der Waals surface area contributed by atoms with Gasteiger partial charge in [-0.05, 0) is 70.0 Å². The van der Waals surface area contributed by atoms with E-state index in [1.165, 1.54) is 14.4 Å². The number of nitrogens with one attached hydrogen (secondary N) is 1. The number of amides is 3. The highest BCUT2D eigenvalue weighted by Gasteiger charge is 2.37. The molecule has 0 fully saturated rings. The van der Waals surface area contributed by atoms with Crippen molar-refractivity contribution in [2.45, 2.75) is 52.3 Å². The van der Waals surface area contributed by atoms with Gasteiger partial charge in [-0.1, -0.05) is 59.6 Å². The molecule has 1 heterocycles. The summed E-state index contributed by atoms with van der Waals surface area (Å²) in [6.45, 7) is 7.57. The van der Waals surface area contributed by atoms with Gasteiger partial charge in [0.25, 0.3) is 17.4 Å². The SMILES string of the molecule is Cc1ccc(C(=O)N(CCCNC(=O)OC(C)(C)C)C(C(=O)N(C)C)c2nc3cc(Cl)ccc3c(=O)n2Cc2ccccc2)cc1. The van der Waals surface area contributed by atoms with Crippen LogP contribution in [0.25, 0.3) is 10.9 Å². The van der Waals surface area contributed by atoms with Crippen LogP contribution in [0.4, 0.5) is 4.79 Å². The number of ether oxygens (including phenoxy) is 1. The molecule has 1 atom stereocenters. The molecule has 46 heavy (non-hydrogen) atoms. The molecule has 242 valence electrons. The number of hydrogen-bond donors (Lipinski definition) is 1. The predicted octanol–water partition coefficient (Wildman–Crippen LogP) is 5.59. The van der Waals surface area contributed by atoms with Gasteiger partial charge in [0.15, 0.2) is 6.04 Å². The van der Waals surface area contributed by atoms with Crippen LogP contribution in [0, 0.1) is 6.92 Å². The predicted molar refractivity (Wildman–Crippen MR) is 179 cm³/mol. The molecule has 3 amide bonds. The molecule has 0 aliphatic rings. The van der Waals surface area contributed by atoms with Gasteiger partial charge in [0.2, 0.25) is 0 Å². The Bertz CT molecular complexity index is 1760. The van der Waals surface area contributed by atoms with Gasteiger partial charge in [-0.2, -0.15) is 0 Å². The number of nitrogens with zero attached hydrogens (tertiary/aromatic N) is 4. The molecular weight excluding hydrogens is 606 g/mol. The van der Waals surface area contributed by atoms with E-state index in [0.717, 1.165) is 11.1 Å². The maximum atomic E-state index is 14.3. The third-order valence-electron chi connectivity index (χ3n) is 7.16. The third kappa shape index (κ3) is 8.51. The van der Waals surface area contributed by atoms with Crippen molar-refractivity contribution in [3.63, 3.8) is 0 Å². The molecule has 0 aliphatic heterocycles. The average Bonchev–Trinajstić information content (AvgIpc) is 2.99. The summed E-state index contributed by atoms with van der Waals surface area (Å²) in [4.78, 5) is 62.5. The second-order valence-corrected chi connectivity index (χ2v) is 12.7. The molecule has 10 nitrogen and oxygen atoms in total. The van der Waals surface area contributed by atoms with Crippen molar-refractivity contribution in [3.05, 3.63) is 111 Å². The lowest BCUT2D eigenvalue weighted by Crippen LogP contribution is -2.47. The number of likely N-dealkylation sites (N-methyl/N-ethyl adjacent to an activating group) is 1. The number of aromatic nitrogens is 2. The van der Waals surface area contributed by atoms with E-state index in [9.17, 15) is 19.2 Å². The summed E-state index contributed by atoms with van der Waals surface area (Å²) in [6.07, 6.45) is -0.300. The number of halogens is 1. The van der Waals surface area contributed by atoms with E-state index in [4.69, 9.17) is 21.3 Å². The number of fused-ring (bicyclic) bond motifs is 1. The third-order valence-corrected chi connectivity index (χ3v) is 7.40. The summed E-state index contributed by atoms with van der Waals surface area (Å²) in [7, 11) is 3.18. The molecular formula is C35H40ClN5O5. The normalized spacial score (nSPS) is 12.0.